The molecule has 40 heavy (non-hydrogen) atoms. The summed E-state index contributed by atoms with van der Waals surface area (Å²) in [5.41, 5.74) is 0.358. The van der Waals surface area contributed by atoms with E-state index in [1.165, 1.54) is 16.8 Å². The zero-order valence-corrected chi connectivity index (χ0v) is 22.7. The Kier molecular flexibility index (Phi) is 6.85. The van der Waals surface area contributed by atoms with Crippen LogP contribution in [-0.2, 0) is 19.8 Å². The lowest BCUT2D eigenvalue weighted by Crippen LogP contribution is -2.34. The van der Waals surface area contributed by atoms with Gasteiger partial charge < -0.3 is 4.57 Å². The number of aromatic nitrogens is 5. The van der Waals surface area contributed by atoms with E-state index in [0.29, 0.717) is 23.7 Å². The van der Waals surface area contributed by atoms with E-state index in [2.05, 4.69) is 32.8 Å². The van der Waals surface area contributed by atoms with Gasteiger partial charge in [0.25, 0.3) is 0 Å². The van der Waals surface area contributed by atoms with E-state index in [4.69, 9.17) is 0 Å². The van der Waals surface area contributed by atoms with Crippen molar-refractivity contribution in [2.45, 2.75) is 44.8 Å². The minimum atomic E-state index is -4.60. The molecular weight excluding hydrogens is 519 g/mol. The molecule has 8 nitrogen and oxygen atoms in total. The first-order valence-corrected chi connectivity index (χ1v) is 13.8. The Morgan fingerprint density at radius 1 is 1.18 bits per heavy atom. The lowest BCUT2D eigenvalue weighted by molar-refractivity contribution is -0.580. The predicted molar refractivity (Wildman–Crippen MR) is 145 cm³/mol. The smallest absolute Gasteiger partial charge is 0.320 e. The van der Waals surface area contributed by atoms with Crippen molar-refractivity contribution in [3.63, 3.8) is 0 Å². The van der Waals surface area contributed by atoms with Gasteiger partial charge in [0.05, 0.1) is 23.2 Å². The quantitative estimate of drug-likeness (QED) is 0.338. The third kappa shape index (κ3) is 5.10. The van der Waals surface area contributed by atoms with Crippen LogP contribution in [0.3, 0.4) is 0 Å². The minimum absolute atomic E-state index is 0.157. The Bertz CT molecular complexity index is 1620. The molecule has 1 aromatic carbocycles. The first-order chi connectivity index (χ1) is 19.2. The Labute approximate surface area is 230 Å². The lowest BCUT2D eigenvalue weighted by atomic mass is 9.98. The van der Waals surface area contributed by atoms with Crippen LogP contribution >= 0.6 is 0 Å². The van der Waals surface area contributed by atoms with Gasteiger partial charge in [0.1, 0.15) is 31.2 Å². The van der Waals surface area contributed by atoms with Crippen molar-refractivity contribution in [3.8, 4) is 5.69 Å². The normalized spacial score (nSPS) is 19.1. The van der Waals surface area contributed by atoms with Crippen LogP contribution in [0.4, 0.5) is 13.2 Å². The monoisotopic (exact) mass is 552 g/mol. The zero-order chi connectivity index (χ0) is 28.0. The van der Waals surface area contributed by atoms with Gasteiger partial charge in [-0.15, -0.1) is 10.2 Å². The fraction of sp³-hybridized carbons (Fsp3) is 0.448. The summed E-state index contributed by atoms with van der Waals surface area (Å²) < 4.78 is 49.2. The topological polar surface area (TPSA) is 63.4 Å². The van der Waals surface area contributed by atoms with Gasteiger partial charge >= 0.3 is 11.9 Å². The van der Waals surface area contributed by atoms with E-state index in [9.17, 15) is 18.0 Å². The highest BCUT2D eigenvalue weighted by atomic mass is 19.4. The molecular formula is C29H33F3N7O+. The summed E-state index contributed by atoms with van der Waals surface area (Å²) in [6.07, 6.45) is 5.28. The molecule has 11 heteroatoms. The first-order valence-electron chi connectivity index (χ1n) is 13.8. The van der Waals surface area contributed by atoms with Crippen LogP contribution in [0, 0.1) is 5.92 Å². The number of rotatable bonds is 6. The third-order valence-corrected chi connectivity index (χ3v) is 8.06. The second kappa shape index (κ2) is 10.3. The van der Waals surface area contributed by atoms with Crippen LogP contribution in [0.15, 0.2) is 53.8 Å². The number of pyridine rings is 1. The molecule has 2 atom stereocenters. The number of benzene rings is 1. The average molecular weight is 553 g/mol. The van der Waals surface area contributed by atoms with Crippen molar-refractivity contribution in [2.75, 3.05) is 26.2 Å². The second-order valence-corrected chi connectivity index (χ2v) is 11.2. The van der Waals surface area contributed by atoms with Gasteiger partial charge in [-0.1, -0.05) is 19.1 Å². The van der Waals surface area contributed by atoms with Crippen molar-refractivity contribution < 1.29 is 17.7 Å². The van der Waals surface area contributed by atoms with Gasteiger partial charge in [-0.2, -0.15) is 13.2 Å². The summed E-state index contributed by atoms with van der Waals surface area (Å²) in [5, 5.41) is 8.35. The summed E-state index contributed by atoms with van der Waals surface area (Å²) in [5.74, 6) is 1.03. The molecule has 0 bridgehead atoms. The number of hydrogen-bond acceptors (Lipinski definition) is 4. The Morgan fingerprint density at radius 3 is 2.67 bits per heavy atom. The number of aryl methyl sites for hydroxylation is 1. The van der Waals surface area contributed by atoms with Crippen molar-refractivity contribution in [2.24, 2.45) is 13.0 Å². The number of fused-ring (bicyclic) bond motifs is 1. The summed E-state index contributed by atoms with van der Waals surface area (Å²) >= 11 is 0. The average Bonchev–Trinajstić information content (AvgIpc) is 3.45. The molecule has 0 amide bonds. The molecule has 2 aliphatic rings. The van der Waals surface area contributed by atoms with E-state index < -0.39 is 17.4 Å². The highest BCUT2D eigenvalue weighted by molar-refractivity contribution is 5.68. The predicted octanol–water partition coefficient (Wildman–Crippen LogP) is 4.09. The zero-order valence-electron chi connectivity index (χ0n) is 22.7. The van der Waals surface area contributed by atoms with Crippen molar-refractivity contribution in [1.82, 2.24) is 28.6 Å². The van der Waals surface area contributed by atoms with Gasteiger partial charge in [0.2, 0.25) is 0 Å². The van der Waals surface area contributed by atoms with E-state index in [-0.39, 0.29) is 11.4 Å². The van der Waals surface area contributed by atoms with Crippen molar-refractivity contribution >= 4 is 11.7 Å². The molecule has 2 aliphatic heterocycles. The Morgan fingerprint density at radius 2 is 2.00 bits per heavy atom. The third-order valence-electron chi connectivity index (χ3n) is 8.06. The molecule has 2 saturated heterocycles. The molecule has 4 aromatic rings. The number of imidazole rings is 1. The number of halogens is 3. The highest BCUT2D eigenvalue weighted by Crippen LogP contribution is 2.34. The molecule has 0 saturated carbocycles. The van der Waals surface area contributed by atoms with Gasteiger partial charge in [-0.05, 0) is 54.6 Å². The number of nitrogens with zero attached hydrogens (tertiary/aromatic N) is 7. The van der Waals surface area contributed by atoms with Crippen molar-refractivity contribution in [1.29, 1.82) is 0 Å². The SMILES string of the molecule is C[C@H]1CCCN(Cc2cc(C(F)(F)F)c3cn(-c4cccc(C(C=[N+]5CCC5)c5nncn5C)c4)c(=O)n3c2)C1. The van der Waals surface area contributed by atoms with E-state index in [1.807, 2.05) is 29.8 Å². The fourth-order valence-electron chi connectivity index (χ4n) is 5.88. The second-order valence-electron chi connectivity index (χ2n) is 11.2. The molecule has 2 fully saturated rings. The number of piperidine rings is 1. The summed E-state index contributed by atoms with van der Waals surface area (Å²) in [6.45, 7) is 6.12. The number of alkyl halides is 3. The van der Waals surface area contributed by atoms with Gasteiger partial charge in [-0.25, -0.2) is 9.37 Å². The van der Waals surface area contributed by atoms with Crippen LogP contribution in [0.1, 0.15) is 54.6 Å². The highest BCUT2D eigenvalue weighted by Gasteiger charge is 2.35. The minimum Gasteiger partial charge on any atom is -0.320 e. The van der Waals surface area contributed by atoms with Gasteiger partial charge in [0, 0.05) is 32.5 Å². The molecule has 3 aromatic heterocycles. The molecule has 0 aliphatic carbocycles. The van der Waals surface area contributed by atoms with Crippen molar-refractivity contribution in [3.05, 3.63) is 82.1 Å². The molecule has 6 rings (SSSR count). The number of likely N-dealkylation sites (tertiary alicyclic amines) is 1. The standard InChI is InChI=1S/C29H33F3N7O/c1-20-6-4-9-37(14-20)15-21-12-25(29(30,31)32)26-18-38(28(40)39(26)16-21)23-8-3-7-22(13-23)24(17-36-10-5-11-36)27-34-33-19-35(27)2/h3,7-8,12-13,16-20,24H,4-6,9-11,14-15H2,1-2H3/q+1/t20-,24?/m0/s1. The Balaban J connectivity index is 1.43. The largest absolute Gasteiger partial charge is 0.418 e. The van der Waals surface area contributed by atoms with Crippen LogP contribution in [0.2, 0.25) is 0 Å². The molecule has 1 unspecified atom stereocenters. The maximum absolute atomic E-state index is 14.2. The molecule has 210 valence electrons. The Hall–Kier alpha value is -3.73. The molecule has 0 spiro atoms. The molecule has 5 heterocycles. The fourth-order valence-corrected chi connectivity index (χ4v) is 5.88. The van der Waals surface area contributed by atoms with E-state index in [0.717, 1.165) is 61.2 Å². The van der Waals surface area contributed by atoms with Gasteiger partial charge in [0.15, 0.2) is 6.21 Å². The maximum Gasteiger partial charge on any atom is 0.418 e. The summed E-state index contributed by atoms with van der Waals surface area (Å²) in [4.78, 5) is 15.8. The van der Waals surface area contributed by atoms with E-state index in [1.54, 1.807) is 18.6 Å². The van der Waals surface area contributed by atoms with Gasteiger partial charge in [-0.3, -0.25) is 13.9 Å². The molecule has 0 N–H and O–H groups in total. The summed E-state index contributed by atoms with van der Waals surface area (Å²) in [6, 6.07) is 8.55. The lowest BCUT2D eigenvalue weighted by Gasteiger charge is -2.31. The number of hydrogen-bond donors (Lipinski definition) is 0. The summed E-state index contributed by atoms with van der Waals surface area (Å²) in [7, 11) is 1.88. The van der Waals surface area contributed by atoms with Crippen LogP contribution < -0.4 is 5.69 Å². The first kappa shape index (κ1) is 26.5. The van der Waals surface area contributed by atoms with Crippen LogP contribution in [0.25, 0.3) is 11.2 Å². The van der Waals surface area contributed by atoms with E-state index >= 15 is 0 Å². The molecule has 0 radical (unpaired) electrons. The van der Waals surface area contributed by atoms with Crippen LogP contribution in [-0.4, -0.2) is 65.6 Å². The van der Waals surface area contributed by atoms with Crippen LogP contribution in [0.5, 0.6) is 0 Å². The maximum atomic E-state index is 14.2.